The molecular weight excluding hydrogens is 318 g/mol. The monoisotopic (exact) mass is 333 g/mol. The standard InChI is InChI=1S/C17H16ClNO4/c1-12(14-6-2-3-7-15(14)18)19-16(20)11-23-17(21)9-8-13-5-4-10-22-13/h2-10,12H,11H2,1H3,(H,19,20)/b9-8+/t12-/m0/s1. The number of rotatable bonds is 6. The zero-order chi connectivity index (χ0) is 16.7. The van der Waals surface area contributed by atoms with Crippen molar-refractivity contribution >= 4 is 29.6 Å². The van der Waals surface area contributed by atoms with Crippen LogP contribution in [0.3, 0.4) is 0 Å². The number of nitrogens with one attached hydrogen (secondary N) is 1. The number of hydrogen-bond donors (Lipinski definition) is 1. The molecule has 1 amide bonds. The molecule has 0 aliphatic rings. The Hall–Kier alpha value is -2.53. The maximum absolute atomic E-state index is 11.8. The molecule has 0 aliphatic carbocycles. The first-order valence-electron chi connectivity index (χ1n) is 6.98. The molecule has 0 aliphatic heterocycles. The van der Waals surface area contributed by atoms with E-state index in [1.165, 1.54) is 18.4 Å². The molecule has 2 aromatic rings. The highest BCUT2D eigenvalue weighted by molar-refractivity contribution is 6.31. The van der Waals surface area contributed by atoms with Crippen molar-refractivity contribution in [2.45, 2.75) is 13.0 Å². The number of carbonyl (C=O) groups is 2. The van der Waals surface area contributed by atoms with E-state index >= 15 is 0 Å². The SMILES string of the molecule is C[C@H](NC(=O)COC(=O)/C=C/c1ccco1)c1ccccc1Cl. The van der Waals surface area contributed by atoms with Gasteiger partial charge in [0.2, 0.25) is 0 Å². The summed E-state index contributed by atoms with van der Waals surface area (Å²) in [5, 5.41) is 3.29. The third-order valence-electron chi connectivity index (χ3n) is 3.02. The van der Waals surface area contributed by atoms with Crippen molar-refractivity contribution in [2.24, 2.45) is 0 Å². The van der Waals surface area contributed by atoms with Gasteiger partial charge in [0.15, 0.2) is 6.61 Å². The molecule has 2 rings (SSSR count). The molecule has 1 atom stereocenters. The third kappa shape index (κ3) is 5.30. The summed E-state index contributed by atoms with van der Waals surface area (Å²) in [4.78, 5) is 23.3. The van der Waals surface area contributed by atoms with Crippen LogP contribution in [0.25, 0.3) is 6.08 Å². The first kappa shape index (κ1) is 16.8. The Bertz CT molecular complexity index is 694. The van der Waals surface area contributed by atoms with Crippen LogP contribution in [0.5, 0.6) is 0 Å². The summed E-state index contributed by atoms with van der Waals surface area (Å²) in [6.45, 7) is 1.44. The predicted molar refractivity (Wildman–Crippen MR) is 86.7 cm³/mol. The second-order valence-electron chi connectivity index (χ2n) is 4.77. The van der Waals surface area contributed by atoms with Gasteiger partial charge in [-0.05, 0) is 36.8 Å². The Morgan fingerprint density at radius 3 is 2.78 bits per heavy atom. The van der Waals surface area contributed by atoms with E-state index in [1.54, 1.807) is 25.1 Å². The van der Waals surface area contributed by atoms with Crippen LogP contribution < -0.4 is 5.32 Å². The lowest BCUT2D eigenvalue weighted by Crippen LogP contribution is -2.31. The lowest BCUT2D eigenvalue weighted by Gasteiger charge is -2.15. The molecule has 1 heterocycles. The van der Waals surface area contributed by atoms with Crippen LogP contribution in [0.2, 0.25) is 5.02 Å². The van der Waals surface area contributed by atoms with E-state index in [1.807, 2.05) is 18.2 Å². The normalized spacial score (nSPS) is 12.1. The van der Waals surface area contributed by atoms with E-state index in [0.29, 0.717) is 10.8 Å². The molecule has 6 heteroatoms. The minimum Gasteiger partial charge on any atom is -0.465 e. The average Bonchev–Trinajstić information content (AvgIpc) is 3.04. The number of ether oxygens (including phenoxy) is 1. The maximum Gasteiger partial charge on any atom is 0.331 e. The maximum atomic E-state index is 11.8. The lowest BCUT2D eigenvalue weighted by molar-refractivity contribution is -0.144. The summed E-state index contributed by atoms with van der Waals surface area (Å²) in [7, 11) is 0. The first-order valence-corrected chi connectivity index (χ1v) is 7.36. The van der Waals surface area contributed by atoms with Crippen molar-refractivity contribution in [2.75, 3.05) is 6.61 Å². The summed E-state index contributed by atoms with van der Waals surface area (Å²) in [5.74, 6) is -0.502. The smallest absolute Gasteiger partial charge is 0.331 e. The number of esters is 1. The van der Waals surface area contributed by atoms with Crippen LogP contribution >= 0.6 is 11.6 Å². The van der Waals surface area contributed by atoms with Crippen LogP contribution in [0, 0.1) is 0 Å². The molecule has 23 heavy (non-hydrogen) atoms. The Kier molecular flexibility index (Phi) is 6.00. The fourth-order valence-electron chi connectivity index (χ4n) is 1.91. The Morgan fingerprint density at radius 2 is 2.09 bits per heavy atom. The molecule has 0 bridgehead atoms. The van der Waals surface area contributed by atoms with E-state index < -0.39 is 11.9 Å². The number of halogens is 1. The molecule has 5 nitrogen and oxygen atoms in total. The molecule has 0 spiro atoms. The minimum absolute atomic E-state index is 0.284. The summed E-state index contributed by atoms with van der Waals surface area (Å²) in [5.41, 5.74) is 0.798. The van der Waals surface area contributed by atoms with Gasteiger partial charge in [0, 0.05) is 11.1 Å². The topological polar surface area (TPSA) is 68.5 Å². The highest BCUT2D eigenvalue weighted by Crippen LogP contribution is 2.21. The van der Waals surface area contributed by atoms with Crippen LogP contribution in [0.15, 0.2) is 53.2 Å². The van der Waals surface area contributed by atoms with Crippen LogP contribution in [-0.4, -0.2) is 18.5 Å². The van der Waals surface area contributed by atoms with Gasteiger partial charge in [-0.2, -0.15) is 0 Å². The average molecular weight is 334 g/mol. The fourth-order valence-corrected chi connectivity index (χ4v) is 2.21. The first-order chi connectivity index (χ1) is 11.1. The van der Waals surface area contributed by atoms with Gasteiger partial charge < -0.3 is 14.5 Å². The fraction of sp³-hybridized carbons (Fsp3) is 0.176. The van der Waals surface area contributed by atoms with Gasteiger partial charge in [0.1, 0.15) is 5.76 Å². The van der Waals surface area contributed by atoms with E-state index in [-0.39, 0.29) is 12.6 Å². The van der Waals surface area contributed by atoms with Crippen molar-refractivity contribution in [1.82, 2.24) is 5.32 Å². The molecular formula is C17H16ClNO4. The number of hydrogen-bond acceptors (Lipinski definition) is 4. The number of furan rings is 1. The lowest BCUT2D eigenvalue weighted by atomic mass is 10.1. The number of benzene rings is 1. The van der Waals surface area contributed by atoms with E-state index in [4.69, 9.17) is 20.8 Å². The highest BCUT2D eigenvalue weighted by atomic mass is 35.5. The van der Waals surface area contributed by atoms with Gasteiger partial charge >= 0.3 is 5.97 Å². The molecule has 0 unspecified atom stereocenters. The summed E-state index contributed by atoms with van der Waals surface area (Å²) in [6, 6.07) is 10.3. The zero-order valence-corrected chi connectivity index (χ0v) is 13.2. The summed E-state index contributed by atoms with van der Waals surface area (Å²) >= 11 is 6.07. The Labute approximate surface area is 138 Å². The highest BCUT2D eigenvalue weighted by Gasteiger charge is 2.13. The van der Waals surface area contributed by atoms with Crippen molar-refractivity contribution in [3.63, 3.8) is 0 Å². The number of amides is 1. The molecule has 1 aromatic carbocycles. The van der Waals surface area contributed by atoms with Crippen molar-refractivity contribution in [1.29, 1.82) is 0 Å². The van der Waals surface area contributed by atoms with Gasteiger partial charge in [-0.15, -0.1) is 0 Å². The Morgan fingerprint density at radius 1 is 1.30 bits per heavy atom. The van der Waals surface area contributed by atoms with Gasteiger partial charge in [-0.3, -0.25) is 4.79 Å². The molecule has 0 saturated carbocycles. The van der Waals surface area contributed by atoms with Gasteiger partial charge in [0.25, 0.3) is 5.91 Å². The summed E-state index contributed by atoms with van der Waals surface area (Å²) < 4.78 is 9.89. The predicted octanol–water partition coefficient (Wildman–Crippen LogP) is 3.37. The van der Waals surface area contributed by atoms with Crippen molar-refractivity contribution < 1.29 is 18.7 Å². The van der Waals surface area contributed by atoms with Crippen LogP contribution in [-0.2, 0) is 14.3 Å². The van der Waals surface area contributed by atoms with Crippen molar-refractivity contribution in [3.05, 3.63) is 65.1 Å². The van der Waals surface area contributed by atoms with E-state index in [0.717, 1.165) is 5.56 Å². The largest absolute Gasteiger partial charge is 0.465 e. The molecule has 0 fully saturated rings. The van der Waals surface area contributed by atoms with Crippen LogP contribution in [0.1, 0.15) is 24.3 Å². The zero-order valence-electron chi connectivity index (χ0n) is 12.5. The van der Waals surface area contributed by atoms with Gasteiger partial charge in [-0.1, -0.05) is 29.8 Å². The second-order valence-corrected chi connectivity index (χ2v) is 5.17. The minimum atomic E-state index is -0.623. The molecule has 1 aromatic heterocycles. The molecule has 120 valence electrons. The second kappa shape index (κ2) is 8.19. The van der Waals surface area contributed by atoms with Gasteiger partial charge in [0.05, 0.1) is 12.3 Å². The number of carbonyl (C=O) groups excluding carboxylic acids is 2. The molecule has 0 radical (unpaired) electrons. The Balaban J connectivity index is 1.78. The quantitative estimate of drug-likeness (QED) is 0.650. The van der Waals surface area contributed by atoms with E-state index in [9.17, 15) is 9.59 Å². The molecule has 0 saturated heterocycles. The van der Waals surface area contributed by atoms with Gasteiger partial charge in [-0.25, -0.2) is 4.79 Å². The van der Waals surface area contributed by atoms with Crippen LogP contribution in [0.4, 0.5) is 0 Å². The van der Waals surface area contributed by atoms with E-state index in [2.05, 4.69) is 5.32 Å². The summed E-state index contributed by atoms with van der Waals surface area (Å²) in [6.07, 6.45) is 4.16. The molecule has 1 N–H and O–H groups in total. The third-order valence-corrected chi connectivity index (χ3v) is 3.37. The van der Waals surface area contributed by atoms with Crippen molar-refractivity contribution in [3.8, 4) is 0 Å².